The van der Waals surface area contributed by atoms with E-state index in [1.165, 1.54) is 89.9 Å². The second-order valence-electron chi connectivity index (χ2n) is 9.39. The highest BCUT2D eigenvalue weighted by Crippen LogP contribution is 2.62. The van der Waals surface area contributed by atoms with Gasteiger partial charge in [0.2, 0.25) is 0 Å². The predicted molar refractivity (Wildman–Crippen MR) is 130 cm³/mol. The maximum atomic E-state index is 11.1. The van der Waals surface area contributed by atoms with Crippen molar-refractivity contribution in [3.8, 4) is 0 Å². The van der Waals surface area contributed by atoms with Gasteiger partial charge in [0.25, 0.3) is 0 Å². The van der Waals surface area contributed by atoms with E-state index in [4.69, 9.17) is 14.2 Å². The quantitative estimate of drug-likeness (QED) is 0.108. The highest BCUT2D eigenvalue weighted by atomic mass is 31.2. The van der Waals surface area contributed by atoms with Crippen molar-refractivity contribution in [3.05, 3.63) is 0 Å². The Morgan fingerprint density at radius 1 is 0.724 bits per heavy atom. The van der Waals surface area contributed by atoms with Crippen LogP contribution in [-0.2, 0) is 13.8 Å². The van der Waals surface area contributed by atoms with Crippen molar-refractivity contribution in [2.75, 3.05) is 26.6 Å². The molecule has 0 aliphatic heterocycles. The number of hydrogen-bond acceptors (Lipinski definition) is 3. The van der Waals surface area contributed by atoms with Crippen molar-refractivity contribution in [1.82, 2.24) is 0 Å². The summed E-state index contributed by atoms with van der Waals surface area (Å²) in [6.07, 6.45) is 21.5. The summed E-state index contributed by atoms with van der Waals surface area (Å²) in [4.78, 5) is 9.12. The van der Waals surface area contributed by atoms with Crippen molar-refractivity contribution in [1.29, 1.82) is 0 Å². The zero-order chi connectivity index (χ0) is 22.0. The summed E-state index contributed by atoms with van der Waals surface area (Å²) < 4.78 is 22.2. The molecule has 0 bridgehead atoms. The van der Waals surface area contributed by atoms with Gasteiger partial charge in [0.15, 0.2) is 0 Å². The van der Waals surface area contributed by atoms with Crippen molar-refractivity contribution < 1.29 is 18.7 Å². The zero-order valence-electron chi connectivity index (χ0n) is 20.1. The van der Waals surface area contributed by atoms with Crippen LogP contribution in [0, 0.1) is 0 Å². The fourth-order valence-corrected chi connectivity index (χ4v) is 5.41. The summed E-state index contributed by atoms with van der Waals surface area (Å²) in [7, 11) is -4.22. The number of hydrogen-bond donors (Lipinski definition) is 1. The van der Waals surface area contributed by atoms with Gasteiger partial charge in [0, 0.05) is 11.5 Å². The molecule has 6 heteroatoms. The lowest BCUT2D eigenvalue weighted by atomic mass is 10.0. The molecule has 2 unspecified atom stereocenters. The number of rotatable bonds is 21. The second kappa shape index (κ2) is 18.0. The fourth-order valence-electron chi connectivity index (χ4n) is 3.40. The van der Waals surface area contributed by atoms with E-state index in [9.17, 15) is 4.57 Å². The largest absolute Gasteiger partial charge is 0.701 e. The van der Waals surface area contributed by atoms with Crippen molar-refractivity contribution >= 4 is 15.5 Å². The van der Waals surface area contributed by atoms with E-state index < -0.39 is 21.0 Å². The molecule has 0 aromatic carbocycles. The molecule has 2 atom stereocenters. The monoisotopic (exact) mass is 452 g/mol. The van der Waals surface area contributed by atoms with Gasteiger partial charge in [-0.1, -0.05) is 103 Å². The summed E-state index contributed by atoms with van der Waals surface area (Å²) in [6.45, 7) is 10.9. The molecule has 0 fully saturated rings. The van der Waals surface area contributed by atoms with Gasteiger partial charge in [0.1, 0.15) is 0 Å². The number of ether oxygens (including phenoxy) is 1. The average Bonchev–Trinajstić information content (AvgIpc) is 2.62. The standard InChI is InChI=1S/C23H49O4P2/c1-6-7-8-9-10-11-12-13-14-15-16-17-18-19-20-21-22-26-23(2,27-28(24)25)29(3,4)5/h6-22H2,1-5H3/q+1/p+1. The molecule has 0 saturated carbocycles. The van der Waals surface area contributed by atoms with Crippen LogP contribution in [0.15, 0.2) is 0 Å². The molecule has 0 spiro atoms. The minimum atomic E-state index is -2.65. The van der Waals surface area contributed by atoms with E-state index in [0.29, 0.717) is 6.61 Å². The van der Waals surface area contributed by atoms with E-state index in [1.54, 1.807) is 6.92 Å². The molecular weight excluding hydrogens is 402 g/mol. The molecule has 0 saturated heterocycles. The Morgan fingerprint density at radius 3 is 1.38 bits per heavy atom. The van der Waals surface area contributed by atoms with Crippen LogP contribution in [-0.4, -0.2) is 37.0 Å². The van der Waals surface area contributed by atoms with Crippen molar-refractivity contribution in [3.63, 3.8) is 0 Å². The highest BCUT2D eigenvalue weighted by Gasteiger charge is 2.53. The summed E-state index contributed by atoms with van der Waals surface area (Å²) in [5, 5.41) is 0. The van der Waals surface area contributed by atoms with Gasteiger partial charge in [-0.2, -0.15) is 0 Å². The van der Waals surface area contributed by atoms with E-state index in [0.717, 1.165) is 12.8 Å². The maximum Gasteiger partial charge on any atom is 0.701 e. The molecule has 0 rings (SSSR count). The first-order valence-electron chi connectivity index (χ1n) is 12.0. The Labute approximate surface area is 183 Å². The minimum absolute atomic E-state index is 0.593. The molecule has 0 aromatic rings. The van der Waals surface area contributed by atoms with Gasteiger partial charge in [-0.05, 0) is 10.9 Å². The third-order valence-electron chi connectivity index (χ3n) is 5.83. The van der Waals surface area contributed by atoms with Crippen molar-refractivity contribution in [2.45, 2.75) is 122 Å². The van der Waals surface area contributed by atoms with Crippen LogP contribution in [0.5, 0.6) is 0 Å². The third kappa shape index (κ3) is 16.7. The lowest BCUT2D eigenvalue weighted by Crippen LogP contribution is -2.32. The lowest BCUT2D eigenvalue weighted by Gasteiger charge is -2.29. The third-order valence-corrected chi connectivity index (χ3v) is 9.14. The summed E-state index contributed by atoms with van der Waals surface area (Å²) in [5.41, 5.74) is -0.926. The molecule has 4 nitrogen and oxygen atoms in total. The minimum Gasteiger partial charge on any atom is -0.316 e. The smallest absolute Gasteiger partial charge is 0.316 e. The fraction of sp³-hybridized carbons (Fsp3) is 1.00. The Hall–Kier alpha value is 0.410. The average molecular weight is 453 g/mol. The Bertz CT molecular complexity index is 399. The Morgan fingerprint density at radius 2 is 1.07 bits per heavy atom. The molecule has 0 aromatic heterocycles. The summed E-state index contributed by atoms with van der Waals surface area (Å²) in [6, 6.07) is 0. The first-order chi connectivity index (χ1) is 13.7. The SMILES string of the molecule is CCCCCCCCCCCCCCCCCCOC(C)(O[P+](=O)O)[P+](C)(C)C. The van der Waals surface area contributed by atoms with Gasteiger partial charge in [-0.25, -0.2) is 0 Å². The van der Waals surface area contributed by atoms with Gasteiger partial charge in [-0.3, -0.25) is 0 Å². The first kappa shape index (κ1) is 29.4. The van der Waals surface area contributed by atoms with Crippen LogP contribution in [0.4, 0.5) is 0 Å². The molecule has 0 aliphatic carbocycles. The first-order valence-corrected chi connectivity index (χ1v) is 16.3. The molecule has 174 valence electrons. The van der Waals surface area contributed by atoms with Gasteiger partial charge in [-0.15, -0.1) is 4.89 Å². The molecule has 29 heavy (non-hydrogen) atoms. The van der Waals surface area contributed by atoms with E-state index >= 15 is 0 Å². The molecule has 0 amide bonds. The van der Waals surface area contributed by atoms with Gasteiger partial charge >= 0.3 is 13.8 Å². The van der Waals surface area contributed by atoms with Crippen LogP contribution < -0.4 is 0 Å². The zero-order valence-corrected chi connectivity index (χ0v) is 21.9. The van der Waals surface area contributed by atoms with Crippen LogP contribution in [0.25, 0.3) is 0 Å². The van der Waals surface area contributed by atoms with Crippen LogP contribution >= 0.6 is 15.5 Å². The molecule has 0 aliphatic rings. The van der Waals surface area contributed by atoms with Crippen molar-refractivity contribution in [2.24, 2.45) is 0 Å². The van der Waals surface area contributed by atoms with Crippen LogP contribution in [0.1, 0.15) is 117 Å². The van der Waals surface area contributed by atoms with Gasteiger partial charge in [0.05, 0.1) is 33.9 Å². The second-order valence-corrected chi connectivity index (χ2v) is 14.9. The maximum absolute atomic E-state index is 11.1. The lowest BCUT2D eigenvalue weighted by molar-refractivity contribution is -0.106. The topological polar surface area (TPSA) is 55.8 Å². The Balaban J connectivity index is 3.48. The van der Waals surface area contributed by atoms with E-state index in [1.807, 2.05) is 0 Å². The molecule has 1 N–H and O–H groups in total. The normalized spacial score (nSPS) is 14.8. The van der Waals surface area contributed by atoms with E-state index in [-0.39, 0.29) is 0 Å². The Kier molecular flexibility index (Phi) is 18.3. The molecule has 0 radical (unpaired) electrons. The van der Waals surface area contributed by atoms with Gasteiger partial charge < -0.3 is 4.74 Å². The van der Waals surface area contributed by atoms with Crippen LogP contribution in [0.2, 0.25) is 0 Å². The molecule has 0 heterocycles. The highest BCUT2D eigenvalue weighted by molar-refractivity contribution is 7.75. The summed E-state index contributed by atoms with van der Waals surface area (Å²) in [5.74, 6) is 0. The predicted octanol–water partition coefficient (Wildman–Crippen LogP) is 8.51. The molecular formula is C23H50O4P2+2. The summed E-state index contributed by atoms with van der Waals surface area (Å²) >= 11 is 0. The van der Waals surface area contributed by atoms with E-state index in [2.05, 4.69) is 26.9 Å². The number of unbranched alkanes of at least 4 members (excludes halogenated alkanes) is 15. The van der Waals surface area contributed by atoms with Crippen LogP contribution in [0.3, 0.4) is 0 Å².